The molecule has 0 aliphatic carbocycles. The van der Waals surface area contributed by atoms with Crippen molar-refractivity contribution in [2.24, 2.45) is 11.7 Å². The summed E-state index contributed by atoms with van der Waals surface area (Å²) < 4.78 is 5.13. The summed E-state index contributed by atoms with van der Waals surface area (Å²) in [5.41, 5.74) is 6.05. The van der Waals surface area contributed by atoms with Crippen LogP contribution in [-0.2, 0) is 0 Å². The molecule has 0 aliphatic heterocycles. The molecule has 0 fully saturated rings. The van der Waals surface area contributed by atoms with Crippen LogP contribution in [0.4, 0.5) is 10.5 Å². The molecule has 2 amide bonds. The molecule has 6 nitrogen and oxygen atoms in total. The number of amidine groups is 1. The highest BCUT2D eigenvalue weighted by molar-refractivity contribution is 5.90. The van der Waals surface area contributed by atoms with Crippen molar-refractivity contribution in [1.29, 1.82) is 5.41 Å². The smallest absolute Gasteiger partial charge is 0.321 e. The van der Waals surface area contributed by atoms with Crippen LogP contribution in [0.1, 0.15) is 20.3 Å². The standard InChI is InChI=1S/C15H24N4O2/c1-11(2)10-19(8-7-14(16)17)15(20)18-12-5-4-6-13(9-12)21-3/h4-6,9,11H,7-8,10H2,1-3H3,(H3,16,17)(H,18,20). The molecule has 0 saturated heterocycles. The van der Waals surface area contributed by atoms with Gasteiger partial charge >= 0.3 is 6.03 Å². The van der Waals surface area contributed by atoms with Gasteiger partial charge in [0, 0.05) is 31.3 Å². The van der Waals surface area contributed by atoms with E-state index in [4.69, 9.17) is 15.9 Å². The molecule has 0 aliphatic rings. The zero-order chi connectivity index (χ0) is 15.8. The van der Waals surface area contributed by atoms with E-state index >= 15 is 0 Å². The Labute approximate surface area is 125 Å². The highest BCUT2D eigenvalue weighted by atomic mass is 16.5. The molecule has 0 atom stereocenters. The second-order valence-corrected chi connectivity index (χ2v) is 5.28. The van der Waals surface area contributed by atoms with Crippen molar-refractivity contribution in [3.05, 3.63) is 24.3 Å². The molecule has 4 N–H and O–H groups in total. The van der Waals surface area contributed by atoms with E-state index in [2.05, 4.69) is 5.32 Å². The van der Waals surface area contributed by atoms with Crippen LogP contribution >= 0.6 is 0 Å². The van der Waals surface area contributed by atoms with Gasteiger partial charge in [0.2, 0.25) is 0 Å². The zero-order valence-electron chi connectivity index (χ0n) is 12.8. The molecular weight excluding hydrogens is 268 g/mol. The first-order chi connectivity index (χ1) is 9.92. The van der Waals surface area contributed by atoms with Gasteiger partial charge in [0.25, 0.3) is 0 Å². The third-order valence-corrected chi connectivity index (χ3v) is 2.84. The van der Waals surface area contributed by atoms with E-state index in [1.54, 1.807) is 24.1 Å². The zero-order valence-corrected chi connectivity index (χ0v) is 12.8. The Morgan fingerprint density at radius 2 is 2.19 bits per heavy atom. The first-order valence-corrected chi connectivity index (χ1v) is 6.95. The Morgan fingerprint density at radius 1 is 1.48 bits per heavy atom. The summed E-state index contributed by atoms with van der Waals surface area (Å²) in [4.78, 5) is 14.0. The van der Waals surface area contributed by atoms with Gasteiger partial charge in [-0.3, -0.25) is 5.41 Å². The number of nitrogens with one attached hydrogen (secondary N) is 2. The second kappa shape index (κ2) is 8.14. The molecular formula is C15H24N4O2. The summed E-state index contributed by atoms with van der Waals surface area (Å²) in [6.07, 6.45) is 0.373. The molecule has 0 bridgehead atoms. The molecule has 0 saturated carbocycles. The van der Waals surface area contributed by atoms with Crippen LogP contribution in [0, 0.1) is 11.3 Å². The minimum absolute atomic E-state index is 0.0814. The minimum Gasteiger partial charge on any atom is -0.497 e. The van der Waals surface area contributed by atoms with Crippen molar-refractivity contribution < 1.29 is 9.53 Å². The van der Waals surface area contributed by atoms with E-state index in [1.165, 1.54) is 0 Å². The SMILES string of the molecule is COc1cccc(NC(=O)N(CCC(=N)N)CC(C)C)c1. The summed E-state index contributed by atoms with van der Waals surface area (Å²) in [7, 11) is 1.58. The van der Waals surface area contributed by atoms with Gasteiger partial charge in [-0.05, 0) is 18.1 Å². The van der Waals surface area contributed by atoms with Gasteiger partial charge in [-0.15, -0.1) is 0 Å². The van der Waals surface area contributed by atoms with Gasteiger partial charge in [-0.2, -0.15) is 0 Å². The number of hydrogen-bond donors (Lipinski definition) is 3. The molecule has 116 valence electrons. The van der Waals surface area contributed by atoms with E-state index in [0.29, 0.717) is 36.9 Å². The number of amides is 2. The topological polar surface area (TPSA) is 91.4 Å². The highest BCUT2D eigenvalue weighted by Crippen LogP contribution is 2.17. The van der Waals surface area contributed by atoms with Crippen molar-refractivity contribution in [3.8, 4) is 5.75 Å². The number of anilines is 1. The van der Waals surface area contributed by atoms with Crippen molar-refractivity contribution in [2.45, 2.75) is 20.3 Å². The van der Waals surface area contributed by atoms with E-state index in [1.807, 2.05) is 26.0 Å². The fourth-order valence-corrected chi connectivity index (χ4v) is 1.88. The van der Waals surface area contributed by atoms with Crippen LogP contribution in [0.3, 0.4) is 0 Å². The number of hydrogen-bond acceptors (Lipinski definition) is 3. The van der Waals surface area contributed by atoms with E-state index in [9.17, 15) is 4.79 Å². The maximum atomic E-state index is 12.3. The minimum atomic E-state index is -0.196. The Hall–Kier alpha value is -2.24. The number of nitrogens with zero attached hydrogens (tertiary/aromatic N) is 1. The number of carbonyl (C=O) groups excluding carboxylic acids is 1. The lowest BCUT2D eigenvalue weighted by atomic mass is 10.2. The summed E-state index contributed by atoms with van der Waals surface area (Å²) in [6, 6.07) is 7.00. The Balaban J connectivity index is 2.71. The van der Waals surface area contributed by atoms with Crippen LogP contribution in [0.5, 0.6) is 5.75 Å². The molecule has 1 aromatic rings. The first kappa shape index (κ1) is 16.8. The molecule has 0 radical (unpaired) electrons. The predicted octanol–water partition coefficient (Wildman–Crippen LogP) is 2.51. The Kier molecular flexibility index (Phi) is 6.52. The Bertz CT molecular complexity index is 488. The fourth-order valence-electron chi connectivity index (χ4n) is 1.88. The van der Waals surface area contributed by atoms with Crippen LogP contribution < -0.4 is 15.8 Å². The van der Waals surface area contributed by atoms with E-state index in [-0.39, 0.29) is 11.9 Å². The molecule has 1 rings (SSSR count). The summed E-state index contributed by atoms with van der Waals surface area (Å²) in [6.45, 7) is 5.13. The molecule has 0 unspecified atom stereocenters. The second-order valence-electron chi connectivity index (χ2n) is 5.28. The molecule has 0 aromatic heterocycles. The summed E-state index contributed by atoms with van der Waals surface area (Å²) >= 11 is 0. The average molecular weight is 292 g/mol. The van der Waals surface area contributed by atoms with Crippen LogP contribution in [-0.4, -0.2) is 37.0 Å². The van der Waals surface area contributed by atoms with Crippen LogP contribution in [0.2, 0.25) is 0 Å². The normalized spacial score (nSPS) is 10.3. The number of methoxy groups -OCH3 is 1. The number of ether oxygens (including phenoxy) is 1. The average Bonchev–Trinajstić information content (AvgIpc) is 2.43. The molecule has 0 heterocycles. The van der Waals surface area contributed by atoms with Gasteiger partial charge in [0.05, 0.1) is 12.9 Å². The summed E-state index contributed by atoms with van der Waals surface area (Å²) in [5, 5.41) is 10.1. The molecule has 6 heteroatoms. The lowest BCUT2D eigenvalue weighted by Crippen LogP contribution is -2.39. The van der Waals surface area contributed by atoms with Gasteiger partial charge < -0.3 is 20.7 Å². The van der Waals surface area contributed by atoms with Crippen LogP contribution in [0.25, 0.3) is 0 Å². The predicted molar refractivity (Wildman–Crippen MR) is 85.0 cm³/mol. The van der Waals surface area contributed by atoms with Crippen molar-refractivity contribution >= 4 is 17.6 Å². The van der Waals surface area contributed by atoms with Gasteiger partial charge in [-0.25, -0.2) is 4.79 Å². The summed E-state index contributed by atoms with van der Waals surface area (Å²) in [5.74, 6) is 1.11. The van der Waals surface area contributed by atoms with Crippen molar-refractivity contribution in [2.75, 3.05) is 25.5 Å². The third kappa shape index (κ3) is 6.16. The Morgan fingerprint density at radius 3 is 2.76 bits per heavy atom. The molecule has 21 heavy (non-hydrogen) atoms. The van der Waals surface area contributed by atoms with Crippen molar-refractivity contribution in [1.82, 2.24) is 4.90 Å². The lowest BCUT2D eigenvalue weighted by molar-refractivity contribution is 0.206. The fraction of sp³-hybridized carbons (Fsp3) is 0.467. The van der Waals surface area contributed by atoms with Gasteiger partial charge in [0.15, 0.2) is 0 Å². The molecule has 0 spiro atoms. The number of nitrogens with two attached hydrogens (primary N) is 1. The first-order valence-electron chi connectivity index (χ1n) is 6.95. The maximum absolute atomic E-state index is 12.3. The van der Waals surface area contributed by atoms with Gasteiger partial charge in [-0.1, -0.05) is 19.9 Å². The highest BCUT2D eigenvalue weighted by Gasteiger charge is 2.15. The number of rotatable bonds is 7. The lowest BCUT2D eigenvalue weighted by Gasteiger charge is -2.24. The molecule has 1 aromatic carbocycles. The maximum Gasteiger partial charge on any atom is 0.321 e. The van der Waals surface area contributed by atoms with Crippen molar-refractivity contribution in [3.63, 3.8) is 0 Å². The number of benzene rings is 1. The largest absolute Gasteiger partial charge is 0.497 e. The monoisotopic (exact) mass is 292 g/mol. The number of urea groups is 1. The third-order valence-electron chi connectivity index (χ3n) is 2.84. The van der Waals surface area contributed by atoms with E-state index in [0.717, 1.165) is 0 Å². The van der Waals surface area contributed by atoms with E-state index < -0.39 is 0 Å². The van der Waals surface area contributed by atoms with Crippen LogP contribution in [0.15, 0.2) is 24.3 Å². The number of carbonyl (C=O) groups is 1. The van der Waals surface area contributed by atoms with Gasteiger partial charge in [0.1, 0.15) is 5.75 Å². The quantitative estimate of drug-likeness (QED) is 0.532.